The van der Waals surface area contributed by atoms with E-state index in [-0.39, 0.29) is 11.5 Å². The van der Waals surface area contributed by atoms with Gasteiger partial charge in [0.25, 0.3) is 11.5 Å². The topological polar surface area (TPSA) is 103 Å². The van der Waals surface area contributed by atoms with Crippen molar-refractivity contribution in [3.63, 3.8) is 0 Å². The van der Waals surface area contributed by atoms with Gasteiger partial charge in [-0.2, -0.15) is 0 Å². The zero-order chi connectivity index (χ0) is 23.2. The maximum absolute atomic E-state index is 12.5. The normalized spacial score (nSPS) is 21.9. The molecule has 1 amide bonds. The van der Waals surface area contributed by atoms with E-state index in [0.29, 0.717) is 35.7 Å². The Morgan fingerprint density at radius 1 is 1.21 bits per heavy atom. The van der Waals surface area contributed by atoms with Gasteiger partial charge < -0.3 is 19.9 Å². The number of amides is 1. The molecule has 2 fully saturated rings. The smallest absolute Gasteiger partial charge is 0.269 e. The molecule has 1 aliphatic carbocycles. The number of piperazine rings is 1. The van der Waals surface area contributed by atoms with E-state index in [2.05, 4.69) is 30.1 Å². The van der Waals surface area contributed by atoms with Gasteiger partial charge in [0.1, 0.15) is 11.2 Å². The lowest BCUT2D eigenvalue weighted by Crippen LogP contribution is -2.64. The van der Waals surface area contributed by atoms with Crippen LogP contribution < -0.4 is 20.5 Å². The second-order valence-corrected chi connectivity index (χ2v) is 9.31. The molecule has 34 heavy (non-hydrogen) atoms. The van der Waals surface area contributed by atoms with Crippen molar-refractivity contribution < 1.29 is 9.53 Å². The Morgan fingerprint density at radius 2 is 2.09 bits per heavy atom. The fourth-order valence-electron chi connectivity index (χ4n) is 5.51. The van der Waals surface area contributed by atoms with Crippen molar-refractivity contribution in [2.24, 2.45) is 0 Å². The van der Waals surface area contributed by atoms with Crippen molar-refractivity contribution in [3.05, 3.63) is 57.8 Å². The number of H-pyrrole nitrogens is 1. The lowest BCUT2D eigenvalue weighted by atomic mass is 9.81. The molecule has 2 N–H and O–H groups in total. The molecule has 9 nitrogen and oxygen atoms in total. The molecular formula is C25H28N6O3. The molecule has 0 bridgehead atoms. The summed E-state index contributed by atoms with van der Waals surface area (Å²) in [7, 11) is 1.61. The first-order valence-electron chi connectivity index (χ1n) is 12.0. The summed E-state index contributed by atoms with van der Waals surface area (Å²) in [6.45, 7) is 3.26. The number of anilines is 1. The first-order valence-corrected chi connectivity index (χ1v) is 12.0. The Bertz CT molecular complexity index is 1300. The van der Waals surface area contributed by atoms with Gasteiger partial charge in [0.15, 0.2) is 5.75 Å². The summed E-state index contributed by atoms with van der Waals surface area (Å²) >= 11 is 0. The first-order chi connectivity index (χ1) is 16.6. The predicted molar refractivity (Wildman–Crippen MR) is 128 cm³/mol. The molecule has 3 aromatic heterocycles. The largest absolute Gasteiger partial charge is 0.491 e. The lowest BCUT2D eigenvalue weighted by molar-refractivity contribution is 0.0658. The number of hydrogen-bond donors (Lipinski definition) is 2. The summed E-state index contributed by atoms with van der Waals surface area (Å²) in [5.74, 6) is 0.482. The van der Waals surface area contributed by atoms with Gasteiger partial charge in [0, 0.05) is 45.0 Å². The van der Waals surface area contributed by atoms with Crippen LogP contribution in [0.2, 0.25) is 0 Å². The first kappa shape index (κ1) is 21.1. The Labute approximate surface area is 197 Å². The van der Waals surface area contributed by atoms with Crippen molar-refractivity contribution in [2.45, 2.75) is 44.3 Å². The van der Waals surface area contributed by atoms with Crippen LogP contribution >= 0.6 is 0 Å². The average molecular weight is 461 g/mol. The number of hydrogen-bond acceptors (Lipinski definition) is 7. The zero-order valence-electron chi connectivity index (χ0n) is 19.2. The second kappa shape index (κ2) is 8.39. The van der Waals surface area contributed by atoms with E-state index < -0.39 is 0 Å². The highest BCUT2D eigenvalue weighted by Crippen LogP contribution is 2.37. The van der Waals surface area contributed by atoms with Gasteiger partial charge in [-0.3, -0.25) is 19.5 Å². The molecule has 2 atom stereocenters. The lowest BCUT2D eigenvalue weighted by Gasteiger charge is -2.54. The van der Waals surface area contributed by atoms with E-state index in [1.54, 1.807) is 13.1 Å². The van der Waals surface area contributed by atoms with Crippen LogP contribution in [0.15, 0.2) is 35.4 Å². The van der Waals surface area contributed by atoms with Crippen LogP contribution in [0.5, 0.6) is 5.75 Å². The van der Waals surface area contributed by atoms with Crippen molar-refractivity contribution in [3.8, 4) is 5.75 Å². The van der Waals surface area contributed by atoms with Crippen LogP contribution in [0.4, 0.5) is 5.69 Å². The number of fused-ring (bicyclic) bond motifs is 4. The average Bonchev–Trinajstić information content (AvgIpc) is 2.84. The Kier molecular flexibility index (Phi) is 5.21. The van der Waals surface area contributed by atoms with Crippen LogP contribution in [0.25, 0.3) is 11.0 Å². The number of pyridine rings is 3. The van der Waals surface area contributed by atoms with Gasteiger partial charge in [0.05, 0.1) is 29.6 Å². The summed E-state index contributed by atoms with van der Waals surface area (Å²) in [4.78, 5) is 41.3. The molecule has 1 saturated carbocycles. The van der Waals surface area contributed by atoms with E-state index in [1.165, 1.54) is 0 Å². The fourth-order valence-corrected chi connectivity index (χ4v) is 5.51. The highest BCUT2D eigenvalue weighted by atomic mass is 16.5. The minimum atomic E-state index is -0.171. The number of carbonyl (C=O) groups excluding carboxylic acids is 1. The van der Waals surface area contributed by atoms with Gasteiger partial charge in [-0.25, -0.2) is 4.98 Å². The Morgan fingerprint density at radius 3 is 2.85 bits per heavy atom. The van der Waals surface area contributed by atoms with Crippen LogP contribution in [0, 0.1) is 0 Å². The predicted octanol–water partition coefficient (Wildman–Crippen LogP) is 1.86. The fraction of sp³-hybridized carbons (Fsp3) is 0.440. The standard InChI is InChI=1S/C25H28N6O3/c1-26-25(33)18-5-4-16(13-27-18)31-9-8-30(20-6-7-21(20)31)14-15-11-19-22(28-12-15)23-17(24(32)29-19)3-2-10-34-23/h4-5,11-13,20-21H,2-3,6-10,14H2,1H3,(H,26,33)(H,29,32)/t20?,21-/m1/s1. The van der Waals surface area contributed by atoms with E-state index in [4.69, 9.17) is 4.74 Å². The monoisotopic (exact) mass is 460 g/mol. The van der Waals surface area contributed by atoms with Crippen molar-refractivity contribution in [2.75, 3.05) is 31.6 Å². The number of aromatic nitrogens is 3. The van der Waals surface area contributed by atoms with E-state index in [1.807, 2.05) is 24.5 Å². The minimum Gasteiger partial charge on any atom is -0.491 e. The van der Waals surface area contributed by atoms with Gasteiger partial charge >= 0.3 is 0 Å². The van der Waals surface area contributed by atoms with Gasteiger partial charge in [0.2, 0.25) is 0 Å². The third-order valence-electron chi connectivity index (χ3n) is 7.40. The maximum Gasteiger partial charge on any atom is 0.269 e. The van der Waals surface area contributed by atoms with E-state index >= 15 is 0 Å². The van der Waals surface area contributed by atoms with Gasteiger partial charge in [-0.1, -0.05) is 0 Å². The van der Waals surface area contributed by atoms with Gasteiger partial charge in [-0.05, 0) is 49.4 Å². The van der Waals surface area contributed by atoms with Crippen LogP contribution in [-0.2, 0) is 13.0 Å². The van der Waals surface area contributed by atoms with Crippen molar-refractivity contribution in [1.82, 2.24) is 25.2 Å². The highest BCUT2D eigenvalue weighted by molar-refractivity contribution is 5.92. The highest BCUT2D eigenvalue weighted by Gasteiger charge is 2.43. The van der Waals surface area contributed by atoms with Crippen molar-refractivity contribution >= 4 is 22.6 Å². The third kappa shape index (κ3) is 3.51. The molecule has 1 saturated heterocycles. The molecule has 0 spiro atoms. The number of ether oxygens (including phenoxy) is 1. The molecule has 176 valence electrons. The Hall–Kier alpha value is -3.46. The molecule has 1 unspecified atom stereocenters. The van der Waals surface area contributed by atoms with Crippen LogP contribution in [-0.4, -0.2) is 64.6 Å². The molecule has 3 aliphatic rings. The summed E-state index contributed by atoms with van der Waals surface area (Å²) in [5.41, 5.74) is 4.73. The molecule has 0 aromatic carbocycles. The number of nitrogens with one attached hydrogen (secondary N) is 2. The molecule has 0 radical (unpaired) electrons. The summed E-state index contributed by atoms with van der Waals surface area (Å²) in [5, 5.41) is 2.61. The van der Waals surface area contributed by atoms with E-state index in [9.17, 15) is 9.59 Å². The summed E-state index contributed by atoms with van der Waals surface area (Å²) < 4.78 is 5.80. The molecule has 3 aromatic rings. The molecular weight excluding hydrogens is 432 g/mol. The molecule has 5 heterocycles. The minimum absolute atomic E-state index is 0.0649. The quantitative estimate of drug-likeness (QED) is 0.613. The maximum atomic E-state index is 12.5. The number of carbonyl (C=O) groups is 1. The third-order valence-corrected chi connectivity index (χ3v) is 7.40. The zero-order valence-corrected chi connectivity index (χ0v) is 19.2. The SMILES string of the molecule is CNC(=O)c1ccc(N2CCN(Cc3cnc4c5c(c(=O)[nH]c4c3)CCCO5)C3CC[C@H]32)cn1. The number of rotatable bonds is 4. The summed E-state index contributed by atoms with van der Waals surface area (Å²) in [6, 6.07) is 6.74. The molecule has 6 rings (SSSR count). The van der Waals surface area contributed by atoms with Crippen molar-refractivity contribution in [1.29, 1.82) is 0 Å². The van der Waals surface area contributed by atoms with E-state index in [0.717, 1.165) is 67.6 Å². The number of nitrogens with zero attached hydrogens (tertiary/aromatic N) is 4. The van der Waals surface area contributed by atoms with Crippen LogP contribution in [0.3, 0.4) is 0 Å². The second-order valence-electron chi connectivity index (χ2n) is 9.31. The summed E-state index contributed by atoms with van der Waals surface area (Å²) in [6.07, 6.45) is 7.63. The number of aromatic amines is 1. The Balaban J connectivity index is 1.19. The molecule has 2 aliphatic heterocycles. The van der Waals surface area contributed by atoms with Crippen LogP contribution in [0.1, 0.15) is 40.9 Å². The van der Waals surface area contributed by atoms with Gasteiger partial charge in [-0.15, -0.1) is 0 Å². The molecule has 9 heteroatoms.